The summed E-state index contributed by atoms with van der Waals surface area (Å²) in [7, 11) is 2.04. The molecule has 1 N–H and O–H groups in total. The number of carboxylic acids is 1. The van der Waals surface area contributed by atoms with Gasteiger partial charge in [-0.15, -0.1) is 0 Å². The van der Waals surface area contributed by atoms with E-state index in [-0.39, 0.29) is 0 Å². The zero-order valence-electron chi connectivity index (χ0n) is 8.34. The van der Waals surface area contributed by atoms with E-state index in [2.05, 4.69) is 4.90 Å². The molecule has 3 heteroatoms. The molecule has 1 aliphatic rings. The van der Waals surface area contributed by atoms with Crippen LogP contribution >= 0.6 is 0 Å². The molecule has 1 saturated heterocycles. The SMILES string of the molecule is CC/C(C(=O)O)=C1\CCCN(C)C1. The minimum Gasteiger partial charge on any atom is -0.478 e. The molecule has 0 aliphatic carbocycles. The van der Waals surface area contributed by atoms with Crippen molar-refractivity contribution < 1.29 is 9.90 Å². The molecule has 0 spiro atoms. The van der Waals surface area contributed by atoms with Gasteiger partial charge in [0.25, 0.3) is 0 Å². The number of likely N-dealkylation sites (N-methyl/N-ethyl adjacent to an activating group) is 1. The minimum absolute atomic E-state index is 0.617. The third-order valence-corrected chi connectivity index (χ3v) is 2.52. The van der Waals surface area contributed by atoms with E-state index < -0.39 is 5.97 Å². The van der Waals surface area contributed by atoms with Crippen LogP contribution in [0.1, 0.15) is 26.2 Å². The third-order valence-electron chi connectivity index (χ3n) is 2.52. The summed E-state index contributed by atoms with van der Waals surface area (Å²) in [6.45, 7) is 3.82. The highest BCUT2D eigenvalue weighted by atomic mass is 16.4. The third kappa shape index (κ3) is 2.56. The summed E-state index contributed by atoms with van der Waals surface area (Å²) in [6.07, 6.45) is 2.68. The van der Waals surface area contributed by atoms with Crippen molar-refractivity contribution >= 4 is 5.97 Å². The van der Waals surface area contributed by atoms with Crippen molar-refractivity contribution in [3.8, 4) is 0 Å². The van der Waals surface area contributed by atoms with Crippen LogP contribution in [0.15, 0.2) is 11.1 Å². The fourth-order valence-corrected chi connectivity index (χ4v) is 1.85. The maximum atomic E-state index is 10.9. The first kappa shape index (κ1) is 10.3. The predicted molar refractivity (Wildman–Crippen MR) is 51.7 cm³/mol. The molecule has 0 radical (unpaired) electrons. The standard InChI is InChI=1S/C10H17NO2/c1-3-9(10(12)13)8-5-4-6-11(2)7-8/h3-7H2,1-2H3,(H,12,13)/b9-8-. The topological polar surface area (TPSA) is 40.5 Å². The highest BCUT2D eigenvalue weighted by molar-refractivity contribution is 5.87. The number of carboxylic acid groups (broad SMARTS) is 1. The number of rotatable bonds is 2. The molecule has 1 heterocycles. The predicted octanol–water partition coefficient (Wildman–Crippen LogP) is 1.50. The van der Waals surface area contributed by atoms with E-state index in [1.165, 1.54) is 0 Å². The first-order valence-corrected chi connectivity index (χ1v) is 4.78. The maximum Gasteiger partial charge on any atom is 0.331 e. The van der Waals surface area contributed by atoms with Crippen molar-refractivity contribution in [3.05, 3.63) is 11.1 Å². The number of nitrogens with zero attached hydrogens (tertiary/aromatic N) is 1. The van der Waals surface area contributed by atoms with E-state index in [0.717, 1.165) is 31.5 Å². The van der Waals surface area contributed by atoms with Crippen LogP contribution in [-0.4, -0.2) is 36.1 Å². The van der Waals surface area contributed by atoms with Crippen LogP contribution in [0.3, 0.4) is 0 Å². The van der Waals surface area contributed by atoms with Gasteiger partial charge in [-0.2, -0.15) is 0 Å². The van der Waals surface area contributed by atoms with E-state index in [4.69, 9.17) is 5.11 Å². The summed E-state index contributed by atoms with van der Waals surface area (Å²) in [4.78, 5) is 13.0. The number of hydrogen-bond acceptors (Lipinski definition) is 2. The van der Waals surface area contributed by atoms with Gasteiger partial charge in [-0.3, -0.25) is 0 Å². The second-order valence-corrected chi connectivity index (χ2v) is 3.58. The van der Waals surface area contributed by atoms with Crippen LogP contribution in [-0.2, 0) is 4.79 Å². The fourth-order valence-electron chi connectivity index (χ4n) is 1.85. The van der Waals surface area contributed by atoms with Gasteiger partial charge in [0.2, 0.25) is 0 Å². The van der Waals surface area contributed by atoms with Crippen molar-refractivity contribution in [1.82, 2.24) is 4.90 Å². The average Bonchev–Trinajstić information content (AvgIpc) is 2.04. The monoisotopic (exact) mass is 183 g/mol. The molecule has 0 aromatic heterocycles. The highest BCUT2D eigenvalue weighted by Crippen LogP contribution is 2.20. The maximum absolute atomic E-state index is 10.9. The van der Waals surface area contributed by atoms with E-state index in [9.17, 15) is 4.79 Å². The summed E-state index contributed by atoms with van der Waals surface area (Å²) < 4.78 is 0. The van der Waals surface area contributed by atoms with E-state index in [1.807, 2.05) is 14.0 Å². The van der Waals surface area contributed by atoms with E-state index in [1.54, 1.807) is 0 Å². The molecule has 74 valence electrons. The number of piperidine rings is 1. The van der Waals surface area contributed by atoms with Crippen LogP contribution in [0.25, 0.3) is 0 Å². The summed E-state index contributed by atoms with van der Waals surface area (Å²) >= 11 is 0. The van der Waals surface area contributed by atoms with Gasteiger partial charge in [-0.1, -0.05) is 6.92 Å². The molecule has 1 rings (SSSR count). The van der Waals surface area contributed by atoms with Crippen LogP contribution in [0.2, 0.25) is 0 Å². The van der Waals surface area contributed by atoms with Gasteiger partial charge in [0.1, 0.15) is 0 Å². The Labute approximate surface area is 79.0 Å². The molecule has 13 heavy (non-hydrogen) atoms. The Morgan fingerprint density at radius 1 is 1.62 bits per heavy atom. The molecule has 0 saturated carbocycles. The molecule has 1 aliphatic heterocycles. The van der Waals surface area contributed by atoms with Crippen LogP contribution < -0.4 is 0 Å². The summed E-state index contributed by atoms with van der Waals surface area (Å²) in [5, 5.41) is 8.94. The Kier molecular flexibility index (Phi) is 3.48. The van der Waals surface area contributed by atoms with Gasteiger partial charge < -0.3 is 10.0 Å². The number of aliphatic carboxylic acids is 1. The van der Waals surface area contributed by atoms with Gasteiger partial charge in [0, 0.05) is 12.1 Å². The molecule has 0 amide bonds. The second kappa shape index (κ2) is 4.42. The Morgan fingerprint density at radius 3 is 2.77 bits per heavy atom. The van der Waals surface area contributed by atoms with Crippen LogP contribution in [0.4, 0.5) is 0 Å². The van der Waals surface area contributed by atoms with Crippen molar-refractivity contribution in [2.45, 2.75) is 26.2 Å². The van der Waals surface area contributed by atoms with E-state index in [0.29, 0.717) is 12.0 Å². The quantitative estimate of drug-likeness (QED) is 0.659. The average molecular weight is 183 g/mol. The van der Waals surface area contributed by atoms with Gasteiger partial charge in [0.05, 0.1) is 0 Å². The molecular formula is C10H17NO2. The second-order valence-electron chi connectivity index (χ2n) is 3.58. The van der Waals surface area contributed by atoms with Crippen molar-refractivity contribution in [1.29, 1.82) is 0 Å². The minimum atomic E-state index is -0.743. The largest absolute Gasteiger partial charge is 0.478 e. The van der Waals surface area contributed by atoms with Crippen molar-refractivity contribution in [2.75, 3.05) is 20.1 Å². The van der Waals surface area contributed by atoms with Crippen LogP contribution in [0.5, 0.6) is 0 Å². The number of likely N-dealkylation sites (tertiary alicyclic amines) is 1. The molecule has 0 bridgehead atoms. The lowest BCUT2D eigenvalue weighted by atomic mass is 9.98. The normalized spacial score (nSPS) is 22.9. The lowest BCUT2D eigenvalue weighted by Crippen LogP contribution is -2.28. The van der Waals surface area contributed by atoms with Gasteiger partial charge in [-0.05, 0) is 38.4 Å². The van der Waals surface area contributed by atoms with Gasteiger partial charge >= 0.3 is 5.97 Å². The molecule has 3 nitrogen and oxygen atoms in total. The highest BCUT2D eigenvalue weighted by Gasteiger charge is 2.17. The zero-order chi connectivity index (χ0) is 9.84. The molecule has 0 aromatic carbocycles. The lowest BCUT2D eigenvalue weighted by Gasteiger charge is -2.25. The molecule has 0 atom stereocenters. The van der Waals surface area contributed by atoms with Crippen LogP contribution in [0, 0.1) is 0 Å². The van der Waals surface area contributed by atoms with Crippen molar-refractivity contribution in [2.24, 2.45) is 0 Å². The van der Waals surface area contributed by atoms with Gasteiger partial charge in [-0.25, -0.2) is 4.79 Å². The summed E-state index contributed by atoms with van der Waals surface area (Å²) in [6, 6.07) is 0. The molecule has 1 fully saturated rings. The van der Waals surface area contributed by atoms with Gasteiger partial charge in [0.15, 0.2) is 0 Å². The first-order valence-electron chi connectivity index (χ1n) is 4.78. The van der Waals surface area contributed by atoms with E-state index >= 15 is 0 Å². The lowest BCUT2D eigenvalue weighted by molar-refractivity contribution is -0.132. The van der Waals surface area contributed by atoms with Crippen molar-refractivity contribution in [3.63, 3.8) is 0 Å². The fraction of sp³-hybridized carbons (Fsp3) is 0.700. The smallest absolute Gasteiger partial charge is 0.331 e. The molecular weight excluding hydrogens is 166 g/mol. The zero-order valence-corrected chi connectivity index (χ0v) is 8.34. The molecule has 0 unspecified atom stereocenters. The Hall–Kier alpha value is -0.830. The Bertz CT molecular complexity index is 233. The molecule has 0 aromatic rings. The number of carbonyl (C=O) groups is 1. The Morgan fingerprint density at radius 2 is 2.31 bits per heavy atom. The summed E-state index contributed by atoms with van der Waals surface area (Å²) in [5.74, 6) is -0.743. The Balaban J connectivity index is 2.80. The first-order chi connectivity index (χ1) is 6.15. The summed E-state index contributed by atoms with van der Waals surface area (Å²) in [5.41, 5.74) is 1.73. The number of hydrogen-bond donors (Lipinski definition) is 1.